The largest absolute Gasteiger partial charge is 0.382 e. The average molecular weight is 390 g/mol. The van der Waals surface area contributed by atoms with Gasteiger partial charge in [-0.3, -0.25) is 4.79 Å². The molecule has 27 heavy (non-hydrogen) atoms. The number of piperidine rings is 1. The molecule has 2 aromatic rings. The summed E-state index contributed by atoms with van der Waals surface area (Å²) in [6.07, 6.45) is 1.16. The van der Waals surface area contributed by atoms with Crippen molar-refractivity contribution in [1.82, 2.24) is 4.31 Å². The summed E-state index contributed by atoms with van der Waals surface area (Å²) in [6, 6.07) is 11.3. The first kappa shape index (κ1) is 19.5. The molecule has 1 heterocycles. The Morgan fingerprint density at radius 2 is 1.74 bits per heavy atom. The second-order valence-corrected chi connectivity index (χ2v) is 8.79. The molecule has 2 aromatic carbocycles. The van der Waals surface area contributed by atoms with Crippen LogP contribution in [0.25, 0.3) is 0 Å². The molecular weight excluding hydrogens is 367 g/mol. The van der Waals surface area contributed by atoms with Crippen LogP contribution >= 0.6 is 0 Å². The third-order valence-corrected chi connectivity index (χ3v) is 6.75. The minimum Gasteiger partial charge on any atom is -0.382 e. The van der Waals surface area contributed by atoms with Gasteiger partial charge in [0.25, 0.3) is 0 Å². The highest BCUT2D eigenvalue weighted by Crippen LogP contribution is 2.25. The molecule has 0 unspecified atom stereocenters. The Balaban J connectivity index is 1.69. The average Bonchev–Trinajstić information content (AvgIpc) is 2.62. The maximum absolute atomic E-state index is 13.9. The molecule has 1 aliphatic heterocycles. The first-order valence-corrected chi connectivity index (χ1v) is 10.4. The standard InChI is InChI=1S/C20H23FN2O3S/c1-14-6-8-17(9-7-14)27(25,26)23-12-10-16(11-13-23)22-19-5-3-4-18(21)20(19)15(2)24/h3-9,16,22H,10-13H2,1-2H3. The van der Waals surface area contributed by atoms with Crippen molar-refractivity contribution in [3.05, 3.63) is 59.4 Å². The summed E-state index contributed by atoms with van der Waals surface area (Å²) in [6.45, 7) is 3.99. The summed E-state index contributed by atoms with van der Waals surface area (Å²) in [4.78, 5) is 12.0. The van der Waals surface area contributed by atoms with E-state index in [0.29, 0.717) is 36.5 Å². The van der Waals surface area contributed by atoms with Gasteiger partial charge in [0.05, 0.1) is 10.5 Å². The minimum absolute atomic E-state index is 0.0191. The molecule has 0 saturated carbocycles. The number of hydrogen-bond donors (Lipinski definition) is 1. The molecule has 0 bridgehead atoms. The minimum atomic E-state index is -3.51. The quantitative estimate of drug-likeness (QED) is 0.792. The highest BCUT2D eigenvalue weighted by atomic mass is 32.2. The van der Waals surface area contributed by atoms with Crippen LogP contribution in [-0.4, -0.2) is 37.6 Å². The molecule has 0 spiro atoms. The van der Waals surface area contributed by atoms with Crippen molar-refractivity contribution in [1.29, 1.82) is 0 Å². The topological polar surface area (TPSA) is 66.5 Å². The molecule has 1 N–H and O–H groups in total. The number of anilines is 1. The predicted molar refractivity (Wildman–Crippen MR) is 103 cm³/mol. The van der Waals surface area contributed by atoms with Gasteiger partial charge in [-0.2, -0.15) is 4.31 Å². The zero-order chi connectivity index (χ0) is 19.6. The van der Waals surface area contributed by atoms with Crippen LogP contribution in [-0.2, 0) is 10.0 Å². The fraction of sp³-hybridized carbons (Fsp3) is 0.350. The van der Waals surface area contributed by atoms with Crippen LogP contribution in [0.2, 0.25) is 0 Å². The van der Waals surface area contributed by atoms with Gasteiger partial charge in [0, 0.05) is 24.8 Å². The second-order valence-electron chi connectivity index (χ2n) is 6.85. The molecule has 1 saturated heterocycles. The molecule has 1 fully saturated rings. The van der Waals surface area contributed by atoms with Gasteiger partial charge in [0.2, 0.25) is 10.0 Å². The van der Waals surface area contributed by atoms with Crippen molar-refractivity contribution in [2.75, 3.05) is 18.4 Å². The Morgan fingerprint density at radius 1 is 1.11 bits per heavy atom. The molecule has 0 atom stereocenters. The van der Waals surface area contributed by atoms with E-state index in [4.69, 9.17) is 0 Å². The number of sulfonamides is 1. The van der Waals surface area contributed by atoms with Gasteiger partial charge in [-0.1, -0.05) is 23.8 Å². The van der Waals surface area contributed by atoms with Crippen LogP contribution in [0.1, 0.15) is 35.7 Å². The van der Waals surface area contributed by atoms with Gasteiger partial charge in [-0.25, -0.2) is 12.8 Å². The third kappa shape index (κ3) is 4.20. The lowest BCUT2D eigenvalue weighted by Crippen LogP contribution is -2.42. The number of carbonyl (C=O) groups excluding carboxylic acids is 1. The van der Waals surface area contributed by atoms with E-state index in [-0.39, 0.29) is 17.4 Å². The summed E-state index contributed by atoms with van der Waals surface area (Å²) in [5.41, 5.74) is 1.52. The molecule has 0 amide bonds. The number of ketones is 1. The van der Waals surface area contributed by atoms with E-state index in [1.807, 2.05) is 6.92 Å². The monoisotopic (exact) mass is 390 g/mol. The smallest absolute Gasteiger partial charge is 0.243 e. The van der Waals surface area contributed by atoms with Gasteiger partial charge in [0.15, 0.2) is 5.78 Å². The molecule has 0 radical (unpaired) electrons. The van der Waals surface area contributed by atoms with Gasteiger partial charge in [-0.05, 0) is 51.0 Å². The van der Waals surface area contributed by atoms with Crippen molar-refractivity contribution >= 4 is 21.5 Å². The van der Waals surface area contributed by atoms with E-state index in [1.165, 1.54) is 17.3 Å². The first-order chi connectivity index (χ1) is 12.8. The number of Topliss-reactive ketones (excluding diaryl/α,β-unsaturated/α-hetero) is 1. The van der Waals surface area contributed by atoms with Crippen LogP contribution in [0.3, 0.4) is 0 Å². The van der Waals surface area contributed by atoms with Gasteiger partial charge in [0.1, 0.15) is 5.82 Å². The molecule has 7 heteroatoms. The van der Waals surface area contributed by atoms with E-state index in [9.17, 15) is 17.6 Å². The first-order valence-electron chi connectivity index (χ1n) is 8.92. The Labute approximate surface area is 159 Å². The molecule has 3 rings (SSSR count). The zero-order valence-corrected chi connectivity index (χ0v) is 16.2. The number of benzene rings is 2. The lowest BCUT2D eigenvalue weighted by Gasteiger charge is -2.32. The number of hydrogen-bond acceptors (Lipinski definition) is 4. The maximum atomic E-state index is 13.9. The Morgan fingerprint density at radius 3 is 2.33 bits per heavy atom. The SMILES string of the molecule is CC(=O)c1c(F)cccc1NC1CCN(S(=O)(=O)c2ccc(C)cc2)CC1. The van der Waals surface area contributed by atoms with Crippen molar-refractivity contribution in [3.8, 4) is 0 Å². The van der Waals surface area contributed by atoms with Crippen molar-refractivity contribution < 1.29 is 17.6 Å². The number of carbonyl (C=O) groups is 1. The Kier molecular flexibility index (Phi) is 5.62. The van der Waals surface area contributed by atoms with Gasteiger partial charge < -0.3 is 5.32 Å². The number of rotatable bonds is 5. The molecule has 1 aliphatic rings. The number of aryl methyl sites for hydroxylation is 1. The predicted octanol–water partition coefficient (Wildman–Crippen LogP) is 3.60. The lowest BCUT2D eigenvalue weighted by molar-refractivity contribution is 0.101. The Bertz CT molecular complexity index is 934. The van der Waals surface area contributed by atoms with E-state index in [0.717, 1.165) is 5.56 Å². The maximum Gasteiger partial charge on any atom is 0.243 e. The van der Waals surface area contributed by atoms with Gasteiger partial charge in [-0.15, -0.1) is 0 Å². The van der Waals surface area contributed by atoms with Crippen molar-refractivity contribution in [2.45, 2.75) is 37.6 Å². The molecule has 0 aromatic heterocycles. The highest BCUT2D eigenvalue weighted by molar-refractivity contribution is 7.89. The summed E-state index contributed by atoms with van der Waals surface area (Å²) in [5, 5.41) is 3.21. The molecular formula is C20H23FN2O3S. The normalized spacial score (nSPS) is 16.3. The van der Waals surface area contributed by atoms with Crippen molar-refractivity contribution in [3.63, 3.8) is 0 Å². The fourth-order valence-corrected chi connectivity index (χ4v) is 4.79. The van der Waals surface area contributed by atoms with E-state index in [1.54, 1.807) is 36.4 Å². The lowest BCUT2D eigenvalue weighted by atomic mass is 10.0. The van der Waals surface area contributed by atoms with Gasteiger partial charge >= 0.3 is 0 Å². The molecule has 0 aliphatic carbocycles. The van der Waals surface area contributed by atoms with Crippen LogP contribution < -0.4 is 5.32 Å². The second kappa shape index (κ2) is 7.78. The molecule has 5 nitrogen and oxygen atoms in total. The summed E-state index contributed by atoms with van der Waals surface area (Å²) in [5.74, 6) is -0.887. The summed E-state index contributed by atoms with van der Waals surface area (Å²) in [7, 11) is -3.51. The Hall–Kier alpha value is -2.25. The van der Waals surface area contributed by atoms with E-state index < -0.39 is 15.8 Å². The highest BCUT2D eigenvalue weighted by Gasteiger charge is 2.29. The van der Waals surface area contributed by atoms with E-state index in [2.05, 4.69) is 5.32 Å². The van der Waals surface area contributed by atoms with Crippen LogP contribution in [0.5, 0.6) is 0 Å². The fourth-order valence-electron chi connectivity index (χ4n) is 3.32. The number of nitrogens with one attached hydrogen (secondary N) is 1. The summed E-state index contributed by atoms with van der Waals surface area (Å²) >= 11 is 0. The third-order valence-electron chi connectivity index (χ3n) is 4.84. The number of halogens is 1. The summed E-state index contributed by atoms with van der Waals surface area (Å²) < 4.78 is 40.9. The van der Waals surface area contributed by atoms with Crippen molar-refractivity contribution in [2.24, 2.45) is 0 Å². The van der Waals surface area contributed by atoms with Crippen LogP contribution in [0, 0.1) is 12.7 Å². The number of nitrogens with zero attached hydrogens (tertiary/aromatic N) is 1. The van der Waals surface area contributed by atoms with E-state index >= 15 is 0 Å². The molecule has 144 valence electrons. The zero-order valence-electron chi connectivity index (χ0n) is 15.4. The van der Waals surface area contributed by atoms with Crippen LogP contribution in [0.4, 0.5) is 10.1 Å². The van der Waals surface area contributed by atoms with Crippen LogP contribution in [0.15, 0.2) is 47.4 Å².